The maximum absolute atomic E-state index is 11.6. The third kappa shape index (κ3) is 3.60. The smallest absolute Gasteiger partial charge is 0.300 e. The van der Waals surface area contributed by atoms with Crippen molar-refractivity contribution in [1.29, 1.82) is 0 Å². The third-order valence-electron chi connectivity index (χ3n) is 2.29. The third-order valence-corrected chi connectivity index (χ3v) is 2.29. The topological polar surface area (TPSA) is 110 Å². The summed E-state index contributed by atoms with van der Waals surface area (Å²) in [5.74, 6) is -0.106. The lowest BCUT2D eigenvalue weighted by molar-refractivity contribution is -0.116. The molecule has 1 amide bonds. The van der Waals surface area contributed by atoms with Gasteiger partial charge in [0.05, 0.1) is 0 Å². The molecule has 0 radical (unpaired) electrons. The molecule has 0 aliphatic rings. The number of carbonyl (C=O) groups is 1. The Morgan fingerprint density at radius 1 is 1.32 bits per heavy atom. The van der Waals surface area contributed by atoms with Gasteiger partial charge in [0, 0.05) is 37.6 Å². The monoisotopic (exact) mass is 261 g/mol. The molecule has 2 N–H and O–H groups in total. The van der Waals surface area contributed by atoms with Crippen LogP contribution in [0.1, 0.15) is 6.42 Å². The van der Waals surface area contributed by atoms with E-state index in [2.05, 4.69) is 20.3 Å². The molecule has 0 atom stereocenters. The van der Waals surface area contributed by atoms with Crippen molar-refractivity contribution in [1.82, 2.24) is 19.5 Å². The molecule has 0 aliphatic heterocycles. The van der Waals surface area contributed by atoms with Gasteiger partial charge < -0.3 is 4.57 Å². The summed E-state index contributed by atoms with van der Waals surface area (Å²) in [5.41, 5.74) is -1.01. The van der Waals surface area contributed by atoms with Gasteiger partial charge in [-0.25, -0.2) is 14.8 Å². The molecule has 0 aliphatic carbocycles. The van der Waals surface area contributed by atoms with Crippen molar-refractivity contribution in [3.8, 4) is 0 Å². The number of nitrogens with zero attached hydrogens (tertiary/aromatic N) is 3. The molecule has 0 spiro atoms. The van der Waals surface area contributed by atoms with Crippen LogP contribution in [0, 0.1) is 0 Å². The molecule has 2 heterocycles. The number of anilines is 1. The van der Waals surface area contributed by atoms with E-state index in [0.717, 1.165) is 0 Å². The van der Waals surface area contributed by atoms with E-state index in [1.807, 2.05) is 0 Å². The zero-order valence-electron chi connectivity index (χ0n) is 9.87. The summed E-state index contributed by atoms with van der Waals surface area (Å²) in [6, 6.07) is 2.86. The molecule has 2 aromatic rings. The number of aromatic nitrogens is 4. The second kappa shape index (κ2) is 5.71. The van der Waals surface area contributed by atoms with Gasteiger partial charge in [0.25, 0.3) is 5.56 Å². The molecule has 0 aromatic carbocycles. The molecule has 98 valence electrons. The van der Waals surface area contributed by atoms with Crippen molar-refractivity contribution < 1.29 is 4.79 Å². The predicted octanol–water partition coefficient (Wildman–Crippen LogP) is -0.645. The SMILES string of the molecule is O=C(CCn1ccc(=O)[nH]c1=O)Nc1ncccn1. The Morgan fingerprint density at radius 3 is 2.74 bits per heavy atom. The number of H-pyrrole nitrogens is 1. The lowest BCUT2D eigenvalue weighted by Gasteiger charge is -2.04. The number of amides is 1. The number of hydrogen-bond acceptors (Lipinski definition) is 5. The highest BCUT2D eigenvalue weighted by atomic mass is 16.2. The molecule has 19 heavy (non-hydrogen) atoms. The first-order chi connectivity index (χ1) is 9.15. The summed E-state index contributed by atoms with van der Waals surface area (Å²) in [5, 5.41) is 2.49. The lowest BCUT2D eigenvalue weighted by Crippen LogP contribution is -2.29. The summed E-state index contributed by atoms with van der Waals surface area (Å²) < 4.78 is 1.24. The van der Waals surface area contributed by atoms with Gasteiger partial charge in [-0.1, -0.05) is 0 Å². The highest BCUT2D eigenvalue weighted by molar-refractivity contribution is 5.88. The quantitative estimate of drug-likeness (QED) is 0.760. The molecular weight excluding hydrogens is 250 g/mol. The average molecular weight is 261 g/mol. The Balaban J connectivity index is 1.94. The standard InChI is InChI=1S/C11H11N5O3/c17-8(14-10-12-4-1-5-13-10)2-6-16-7-3-9(18)15-11(16)19/h1,3-5,7H,2,6H2,(H,15,18,19)(H,12,13,14,17). The van der Waals surface area contributed by atoms with Gasteiger partial charge in [0.15, 0.2) is 0 Å². The number of rotatable bonds is 4. The normalized spacial score (nSPS) is 10.1. The Kier molecular flexibility index (Phi) is 3.81. The van der Waals surface area contributed by atoms with Gasteiger partial charge in [-0.15, -0.1) is 0 Å². The van der Waals surface area contributed by atoms with Gasteiger partial charge >= 0.3 is 5.69 Å². The zero-order valence-corrected chi connectivity index (χ0v) is 9.87. The van der Waals surface area contributed by atoms with Crippen molar-refractivity contribution in [3.63, 3.8) is 0 Å². The van der Waals surface area contributed by atoms with E-state index in [-0.39, 0.29) is 24.8 Å². The summed E-state index contributed by atoms with van der Waals surface area (Å²) in [6.07, 6.45) is 4.43. The highest BCUT2D eigenvalue weighted by Gasteiger charge is 2.05. The zero-order chi connectivity index (χ0) is 13.7. The van der Waals surface area contributed by atoms with Crippen molar-refractivity contribution in [2.75, 3.05) is 5.32 Å². The minimum Gasteiger partial charge on any atom is -0.300 e. The predicted molar refractivity (Wildman–Crippen MR) is 66.6 cm³/mol. The van der Waals surface area contributed by atoms with Gasteiger partial charge in [-0.05, 0) is 6.07 Å². The largest absolute Gasteiger partial charge is 0.328 e. The molecule has 8 heteroatoms. The van der Waals surface area contributed by atoms with Crippen LogP contribution in [0.2, 0.25) is 0 Å². The molecule has 0 fully saturated rings. The first-order valence-corrected chi connectivity index (χ1v) is 5.52. The fourth-order valence-electron chi connectivity index (χ4n) is 1.39. The minimum atomic E-state index is -0.545. The first kappa shape index (κ1) is 12.7. The number of nitrogens with one attached hydrogen (secondary N) is 2. The molecular formula is C11H11N5O3. The number of carbonyl (C=O) groups excluding carboxylic acids is 1. The molecule has 0 unspecified atom stereocenters. The van der Waals surface area contributed by atoms with Crippen molar-refractivity contribution in [3.05, 3.63) is 51.6 Å². The van der Waals surface area contributed by atoms with Gasteiger partial charge in [-0.3, -0.25) is 19.9 Å². The summed E-state index contributed by atoms with van der Waals surface area (Å²) in [4.78, 5) is 43.6. The van der Waals surface area contributed by atoms with Crippen LogP contribution in [0.25, 0.3) is 0 Å². The van der Waals surface area contributed by atoms with Gasteiger partial charge in [0.2, 0.25) is 11.9 Å². The summed E-state index contributed by atoms with van der Waals surface area (Å²) >= 11 is 0. The Bertz CT molecular complexity index is 676. The van der Waals surface area contributed by atoms with Gasteiger partial charge in [-0.2, -0.15) is 0 Å². The van der Waals surface area contributed by atoms with Crippen molar-refractivity contribution in [2.45, 2.75) is 13.0 Å². The van der Waals surface area contributed by atoms with Crippen LogP contribution in [-0.4, -0.2) is 25.4 Å². The second-order valence-electron chi connectivity index (χ2n) is 3.67. The van der Waals surface area contributed by atoms with Crippen molar-refractivity contribution in [2.24, 2.45) is 0 Å². The van der Waals surface area contributed by atoms with Gasteiger partial charge in [0.1, 0.15) is 0 Å². The first-order valence-electron chi connectivity index (χ1n) is 5.52. The Labute approximate surface area is 107 Å². The van der Waals surface area contributed by atoms with E-state index >= 15 is 0 Å². The van der Waals surface area contributed by atoms with E-state index in [0.29, 0.717) is 0 Å². The molecule has 2 rings (SSSR count). The van der Waals surface area contributed by atoms with E-state index < -0.39 is 11.2 Å². The second-order valence-corrected chi connectivity index (χ2v) is 3.67. The van der Waals surface area contributed by atoms with Crippen LogP contribution >= 0.6 is 0 Å². The molecule has 0 saturated carbocycles. The van der Waals surface area contributed by atoms with Crippen LogP contribution in [0.5, 0.6) is 0 Å². The maximum Gasteiger partial charge on any atom is 0.328 e. The van der Waals surface area contributed by atoms with Crippen LogP contribution in [0.3, 0.4) is 0 Å². The molecule has 8 nitrogen and oxygen atoms in total. The molecule has 0 saturated heterocycles. The highest BCUT2D eigenvalue weighted by Crippen LogP contribution is 1.96. The fourth-order valence-corrected chi connectivity index (χ4v) is 1.39. The van der Waals surface area contributed by atoms with Crippen LogP contribution in [0.4, 0.5) is 5.95 Å². The summed E-state index contributed by atoms with van der Waals surface area (Å²) in [7, 11) is 0. The number of hydrogen-bond donors (Lipinski definition) is 2. The summed E-state index contributed by atoms with van der Waals surface area (Å²) in [6.45, 7) is 0.161. The fraction of sp³-hybridized carbons (Fsp3) is 0.182. The van der Waals surface area contributed by atoms with Crippen molar-refractivity contribution >= 4 is 11.9 Å². The Morgan fingerprint density at radius 2 is 2.05 bits per heavy atom. The lowest BCUT2D eigenvalue weighted by atomic mass is 10.4. The van der Waals surface area contributed by atoms with Crippen LogP contribution < -0.4 is 16.6 Å². The number of aryl methyl sites for hydroxylation is 1. The van der Waals surface area contributed by atoms with Crippen LogP contribution in [0.15, 0.2) is 40.3 Å². The van der Waals surface area contributed by atoms with E-state index in [1.165, 1.54) is 29.2 Å². The van der Waals surface area contributed by atoms with E-state index in [4.69, 9.17) is 0 Å². The van der Waals surface area contributed by atoms with E-state index in [1.54, 1.807) is 6.07 Å². The minimum absolute atomic E-state index is 0.0736. The molecule has 0 bridgehead atoms. The number of aromatic amines is 1. The van der Waals surface area contributed by atoms with E-state index in [9.17, 15) is 14.4 Å². The maximum atomic E-state index is 11.6. The Hall–Kier alpha value is -2.77. The average Bonchev–Trinajstić information content (AvgIpc) is 2.39. The van der Waals surface area contributed by atoms with Crippen LogP contribution in [-0.2, 0) is 11.3 Å². The molecule has 2 aromatic heterocycles.